The Balaban J connectivity index is 1.88. The number of amides is 2. The molecule has 0 aromatic heterocycles. The molecule has 2 amide bonds. The quantitative estimate of drug-likeness (QED) is 0.215. The third kappa shape index (κ3) is 9.26. The minimum atomic E-state index is -0.717. The number of hydrogen-bond acceptors (Lipinski definition) is 3. The summed E-state index contributed by atoms with van der Waals surface area (Å²) < 4.78 is 0. The molecule has 8 heteroatoms. The van der Waals surface area contributed by atoms with Crippen molar-refractivity contribution in [2.24, 2.45) is 0 Å². The molecule has 0 saturated heterocycles. The molecule has 0 fully saturated rings. The molecule has 3 rings (SSSR count). The molecule has 0 spiro atoms. The Bertz CT molecular complexity index is 1160. The summed E-state index contributed by atoms with van der Waals surface area (Å²) in [7, 11) is 0. The maximum absolute atomic E-state index is 13.7. The van der Waals surface area contributed by atoms with Gasteiger partial charge < -0.3 is 10.2 Å². The van der Waals surface area contributed by atoms with Crippen LogP contribution >= 0.6 is 46.6 Å². The second-order valence-electron chi connectivity index (χ2n) is 8.69. The maximum atomic E-state index is 13.7. The fraction of sp³-hybridized carbons (Fsp3) is 0.310. The number of carbonyl (C=O) groups excluding carboxylic acids is 2. The van der Waals surface area contributed by atoms with Gasteiger partial charge in [-0.05, 0) is 41.8 Å². The number of benzene rings is 3. The van der Waals surface area contributed by atoms with E-state index in [1.54, 1.807) is 23.1 Å². The summed E-state index contributed by atoms with van der Waals surface area (Å²) in [5.41, 5.74) is 2.62. The zero-order valence-corrected chi connectivity index (χ0v) is 23.8. The fourth-order valence-corrected chi connectivity index (χ4v) is 5.47. The molecule has 37 heavy (non-hydrogen) atoms. The molecule has 196 valence electrons. The van der Waals surface area contributed by atoms with E-state index in [4.69, 9.17) is 34.8 Å². The van der Waals surface area contributed by atoms with Crippen molar-refractivity contribution < 1.29 is 9.59 Å². The van der Waals surface area contributed by atoms with Crippen LogP contribution in [0.5, 0.6) is 0 Å². The van der Waals surface area contributed by atoms with E-state index < -0.39 is 6.04 Å². The molecule has 1 N–H and O–H groups in total. The molecule has 3 aromatic carbocycles. The standard InChI is InChI=1S/C29H31Cl3N2O2S/c1-2-3-15-33-29(36)27(17-21-9-5-4-6-10-21)34(18-24-25(31)13-8-14-26(24)32)28(35)20-37-19-22-11-7-12-23(30)16-22/h4-14,16,27H,2-3,15,17-20H2,1H3,(H,33,36). The number of carbonyl (C=O) groups is 2. The van der Waals surface area contributed by atoms with Crippen LogP contribution in [0.3, 0.4) is 0 Å². The first-order valence-corrected chi connectivity index (χ1v) is 14.5. The number of thioether (sulfide) groups is 1. The van der Waals surface area contributed by atoms with E-state index in [1.165, 1.54) is 11.8 Å². The molecule has 0 bridgehead atoms. The van der Waals surface area contributed by atoms with E-state index in [-0.39, 0.29) is 24.1 Å². The van der Waals surface area contributed by atoms with Crippen molar-refractivity contribution in [3.63, 3.8) is 0 Å². The highest BCUT2D eigenvalue weighted by Gasteiger charge is 2.31. The first kappa shape index (κ1) is 29.4. The van der Waals surface area contributed by atoms with Crippen LogP contribution < -0.4 is 5.32 Å². The zero-order valence-electron chi connectivity index (χ0n) is 20.8. The lowest BCUT2D eigenvalue weighted by atomic mass is 10.0. The molecular weight excluding hydrogens is 547 g/mol. The number of nitrogens with zero attached hydrogens (tertiary/aromatic N) is 1. The molecule has 0 saturated carbocycles. The zero-order chi connectivity index (χ0) is 26.6. The third-order valence-corrected chi connectivity index (χ3v) is 7.81. The largest absolute Gasteiger partial charge is 0.354 e. The molecule has 0 aliphatic carbocycles. The van der Waals surface area contributed by atoms with Gasteiger partial charge in [-0.15, -0.1) is 11.8 Å². The van der Waals surface area contributed by atoms with Gasteiger partial charge in [-0.3, -0.25) is 9.59 Å². The predicted octanol–water partition coefficient (Wildman–Crippen LogP) is 7.44. The van der Waals surface area contributed by atoms with Gasteiger partial charge in [0.2, 0.25) is 11.8 Å². The topological polar surface area (TPSA) is 49.4 Å². The Labute approximate surface area is 238 Å². The lowest BCUT2D eigenvalue weighted by Crippen LogP contribution is -2.51. The van der Waals surface area contributed by atoms with Crippen molar-refractivity contribution in [3.05, 3.63) is 105 Å². The van der Waals surface area contributed by atoms with Crippen molar-refractivity contribution in [2.75, 3.05) is 12.3 Å². The normalized spacial score (nSPS) is 11.7. The lowest BCUT2D eigenvalue weighted by Gasteiger charge is -2.32. The molecule has 0 radical (unpaired) electrons. The van der Waals surface area contributed by atoms with Crippen LogP contribution in [0, 0.1) is 0 Å². The average Bonchev–Trinajstić information content (AvgIpc) is 2.88. The lowest BCUT2D eigenvalue weighted by molar-refractivity contribution is -0.139. The minimum Gasteiger partial charge on any atom is -0.354 e. The molecule has 0 heterocycles. The Morgan fingerprint density at radius 1 is 0.919 bits per heavy atom. The van der Waals surface area contributed by atoms with Crippen LogP contribution in [0.4, 0.5) is 0 Å². The second kappa shape index (κ2) is 15.3. The number of nitrogens with one attached hydrogen (secondary N) is 1. The van der Waals surface area contributed by atoms with E-state index in [0.29, 0.717) is 39.3 Å². The van der Waals surface area contributed by atoms with Gasteiger partial charge in [0.15, 0.2) is 0 Å². The van der Waals surface area contributed by atoms with Crippen molar-refractivity contribution in [3.8, 4) is 0 Å². The highest BCUT2D eigenvalue weighted by molar-refractivity contribution is 7.99. The van der Waals surface area contributed by atoms with Crippen LogP contribution in [0.1, 0.15) is 36.5 Å². The van der Waals surface area contributed by atoms with Crippen molar-refractivity contribution in [2.45, 2.75) is 44.5 Å². The Hall–Kier alpha value is -2.18. The van der Waals surface area contributed by atoms with Crippen LogP contribution in [0.25, 0.3) is 0 Å². The summed E-state index contributed by atoms with van der Waals surface area (Å²) in [5, 5.41) is 4.60. The van der Waals surface area contributed by atoms with Gasteiger partial charge in [-0.1, -0.05) is 96.7 Å². The Morgan fingerprint density at radius 2 is 1.59 bits per heavy atom. The van der Waals surface area contributed by atoms with E-state index in [9.17, 15) is 9.59 Å². The van der Waals surface area contributed by atoms with E-state index in [2.05, 4.69) is 12.2 Å². The molecule has 1 unspecified atom stereocenters. The SMILES string of the molecule is CCCCNC(=O)C(Cc1ccccc1)N(Cc1c(Cl)cccc1Cl)C(=O)CSCc1cccc(Cl)c1. The molecule has 3 aromatic rings. The molecule has 4 nitrogen and oxygen atoms in total. The molecule has 0 aliphatic rings. The minimum absolute atomic E-state index is 0.133. The highest BCUT2D eigenvalue weighted by atomic mass is 35.5. The summed E-state index contributed by atoms with van der Waals surface area (Å²) in [6.45, 7) is 2.76. The van der Waals surface area contributed by atoms with Gasteiger partial charge in [0.05, 0.1) is 5.75 Å². The third-order valence-electron chi connectivity index (χ3n) is 5.87. The maximum Gasteiger partial charge on any atom is 0.243 e. The van der Waals surface area contributed by atoms with Crippen LogP contribution in [0.2, 0.25) is 15.1 Å². The van der Waals surface area contributed by atoms with E-state index >= 15 is 0 Å². The van der Waals surface area contributed by atoms with E-state index in [1.807, 2.05) is 54.6 Å². The van der Waals surface area contributed by atoms with Gasteiger partial charge in [0, 0.05) is 45.9 Å². The van der Waals surface area contributed by atoms with Gasteiger partial charge in [0.25, 0.3) is 0 Å². The number of halogens is 3. The van der Waals surface area contributed by atoms with Crippen molar-refractivity contribution >= 4 is 58.4 Å². The predicted molar refractivity (Wildman–Crippen MR) is 156 cm³/mol. The monoisotopic (exact) mass is 576 g/mol. The van der Waals surface area contributed by atoms with Crippen molar-refractivity contribution in [1.82, 2.24) is 10.2 Å². The first-order valence-electron chi connectivity index (χ1n) is 12.2. The molecule has 0 aliphatic heterocycles. The fourth-order valence-electron chi connectivity index (χ4n) is 3.88. The summed E-state index contributed by atoms with van der Waals surface area (Å²) in [5.74, 6) is 0.476. The highest BCUT2D eigenvalue weighted by Crippen LogP contribution is 2.28. The summed E-state index contributed by atoms with van der Waals surface area (Å²) in [4.78, 5) is 28.8. The van der Waals surface area contributed by atoms with Gasteiger partial charge >= 0.3 is 0 Å². The first-order chi connectivity index (χ1) is 17.9. The Morgan fingerprint density at radius 3 is 2.27 bits per heavy atom. The van der Waals surface area contributed by atoms with Crippen LogP contribution in [-0.2, 0) is 28.3 Å². The second-order valence-corrected chi connectivity index (χ2v) is 10.9. The van der Waals surface area contributed by atoms with Crippen molar-refractivity contribution in [1.29, 1.82) is 0 Å². The molecular formula is C29H31Cl3N2O2S. The number of unbranched alkanes of at least 4 members (excludes halogenated alkanes) is 1. The molecule has 1 atom stereocenters. The number of rotatable bonds is 13. The Kier molecular flexibility index (Phi) is 12.1. The number of hydrogen-bond donors (Lipinski definition) is 1. The van der Waals surface area contributed by atoms with Crippen LogP contribution in [-0.4, -0.2) is 35.1 Å². The van der Waals surface area contributed by atoms with Gasteiger partial charge in [-0.2, -0.15) is 0 Å². The van der Waals surface area contributed by atoms with E-state index in [0.717, 1.165) is 24.0 Å². The summed E-state index contributed by atoms with van der Waals surface area (Å²) in [6.07, 6.45) is 2.21. The van der Waals surface area contributed by atoms with Gasteiger partial charge in [0.1, 0.15) is 6.04 Å². The summed E-state index contributed by atoms with van der Waals surface area (Å²) in [6, 6.07) is 21.8. The van der Waals surface area contributed by atoms with Crippen LogP contribution in [0.15, 0.2) is 72.8 Å². The summed E-state index contributed by atoms with van der Waals surface area (Å²) >= 11 is 20.6. The smallest absolute Gasteiger partial charge is 0.243 e. The average molecular weight is 578 g/mol. The van der Waals surface area contributed by atoms with Gasteiger partial charge in [-0.25, -0.2) is 0 Å².